The minimum Gasteiger partial charge on any atom is -0.478 e. The smallest absolute Gasteiger partial charge is 0.335 e. The molecule has 1 atom stereocenters. The average molecular weight is 310 g/mol. The Morgan fingerprint density at radius 3 is 2.57 bits per heavy atom. The van der Waals surface area contributed by atoms with Crippen molar-refractivity contribution in [2.75, 3.05) is 0 Å². The maximum Gasteiger partial charge on any atom is 0.335 e. The van der Waals surface area contributed by atoms with Crippen LogP contribution < -0.4 is 5.43 Å². The lowest BCUT2D eigenvalue weighted by Gasteiger charge is -2.10. The first-order valence-corrected chi connectivity index (χ1v) is 7.46. The first kappa shape index (κ1) is 14.0. The molecule has 5 nitrogen and oxygen atoms in total. The molecule has 0 spiro atoms. The highest BCUT2D eigenvalue weighted by Crippen LogP contribution is 2.41. The lowest BCUT2D eigenvalue weighted by Crippen LogP contribution is -2.06. The number of carboxylic acids is 1. The molecule has 1 fully saturated rings. The highest BCUT2D eigenvalue weighted by atomic mass is 16.4. The molecule has 0 amide bonds. The van der Waals surface area contributed by atoms with Crippen molar-refractivity contribution < 1.29 is 19.4 Å². The summed E-state index contributed by atoms with van der Waals surface area (Å²) in [5.74, 6) is -0.799. The Kier molecular flexibility index (Phi) is 2.99. The van der Waals surface area contributed by atoms with Crippen molar-refractivity contribution in [3.8, 4) is 0 Å². The lowest BCUT2D eigenvalue weighted by atomic mass is 10.0. The van der Waals surface area contributed by atoms with Crippen LogP contribution in [0.4, 0.5) is 0 Å². The Labute approximate surface area is 130 Å². The summed E-state index contributed by atoms with van der Waals surface area (Å²) in [7, 11) is 0. The number of hydrogen-bond donors (Lipinski definition) is 2. The molecule has 23 heavy (non-hydrogen) atoms. The van der Waals surface area contributed by atoms with E-state index in [1.807, 2.05) is 0 Å². The van der Waals surface area contributed by atoms with Crippen LogP contribution >= 0.6 is 0 Å². The number of benzene rings is 2. The first-order chi connectivity index (χ1) is 11.0. The fourth-order valence-corrected chi connectivity index (χ4v) is 2.87. The van der Waals surface area contributed by atoms with Gasteiger partial charge in [0.1, 0.15) is 11.2 Å². The van der Waals surface area contributed by atoms with Gasteiger partial charge in [0.25, 0.3) is 0 Å². The molecule has 2 N–H and O–H groups in total. The number of aliphatic hydroxyl groups is 1. The van der Waals surface area contributed by atoms with E-state index in [-0.39, 0.29) is 22.3 Å². The van der Waals surface area contributed by atoms with Crippen molar-refractivity contribution in [3.63, 3.8) is 0 Å². The summed E-state index contributed by atoms with van der Waals surface area (Å²) in [5, 5.41) is 19.9. The van der Waals surface area contributed by atoms with Crippen LogP contribution in [0.2, 0.25) is 0 Å². The van der Waals surface area contributed by atoms with Crippen LogP contribution in [0.3, 0.4) is 0 Å². The van der Waals surface area contributed by atoms with E-state index in [1.165, 1.54) is 18.2 Å². The number of fused-ring (bicyclic) bond motifs is 2. The van der Waals surface area contributed by atoms with Crippen molar-refractivity contribution >= 4 is 27.9 Å². The molecule has 0 aliphatic heterocycles. The molecule has 1 aliphatic rings. The van der Waals surface area contributed by atoms with Gasteiger partial charge in [-0.2, -0.15) is 0 Å². The van der Waals surface area contributed by atoms with Crippen molar-refractivity contribution in [1.29, 1.82) is 0 Å². The SMILES string of the molecule is O=C(O)c1ccc2oc3cc(C(O)C4CC4)ccc3c(=O)c2c1. The molecule has 4 rings (SSSR count). The molecule has 116 valence electrons. The van der Waals surface area contributed by atoms with Gasteiger partial charge in [-0.25, -0.2) is 4.79 Å². The Morgan fingerprint density at radius 2 is 1.87 bits per heavy atom. The standard InChI is InChI=1S/C18H14O5/c19-16(9-1-2-9)10-3-5-12-15(8-10)23-14-6-4-11(18(21)22)7-13(14)17(12)20/h3-9,16,19H,1-2H2,(H,21,22). The zero-order valence-corrected chi connectivity index (χ0v) is 12.2. The summed E-state index contributed by atoms with van der Waals surface area (Å²) in [4.78, 5) is 23.6. The van der Waals surface area contributed by atoms with E-state index in [4.69, 9.17) is 9.52 Å². The van der Waals surface area contributed by atoms with Gasteiger partial charge in [0.2, 0.25) is 5.43 Å². The van der Waals surface area contributed by atoms with E-state index in [0.717, 1.165) is 18.4 Å². The molecular formula is C18H14O5. The molecule has 5 heteroatoms. The molecule has 1 heterocycles. The van der Waals surface area contributed by atoms with Crippen molar-refractivity contribution in [2.45, 2.75) is 18.9 Å². The number of aliphatic hydroxyl groups excluding tert-OH is 1. The minimum absolute atomic E-state index is 0.0462. The normalized spacial score (nSPS) is 15.9. The summed E-state index contributed by atoms with van der Waals surface area (Å²) in [6.07, 6.45) is 1.49. The Bertz CT molecular complexity index is 997. The van der Waals surface area contributed by atoms with Gasteiger partial charge < -0.3 is 14.6 Å². The van der Waals surface area contributed by atoms with Crippen LogP contribution in [0.15, 0.2) is 45.6 Å². The van der Waals surface area contributed by atoms with Gasteiger partial charge in [0.15, 0.2) is 0 Å². The van der Waals surface area contributed by atoms with Crippen LogP contribution in [0.5, 0.6) is 0 Å². The predicted molar refractivity (Wildman–Crippen MR) is 84.6 cm³/mol. The maximum absolute atomic E-state index is 12.6. The molecular weight excluding hydrogens is 296 g/mol. The van der Waals surface area contributed by atoms with Gasteiger partial charge in [-0.1, -0.05) is 6.07 Å². The summed E-state index contributed by atoms with van der Waals surface area (Å²) in [6.45, 7) is 0. The van der Waals surface area contributed by atoms with Gasteiger partial charge in [-0.15, -0.1) is 0 Å². The predicted octanol–water partition coefficient (Wildman–Crippen LogP) is 3.09. The number of aromatic carboxylic acids is 1. The molecule has 0 radical (unpaired) electrons. The molecule has 1 aromatic heterocycles. The van der Waals surface area contributed by atoms with Gasteiger partial charge in [0, 0.05) is 0 Å². The van der Waals surface area contributed by atoms with Crippen molar-refractivity contribution in [2.24, 2.45) is 5.92 Å². The Hall–Kier alpha value is -2.66. The molecule has 1 saturated carbocycles. The highest BCUT2D eigenvalue weighted by Gasteiger charge is 2.31. The Balaban J connectivity index is 1.94. The van der Waals surface area contributed by atoms with Gasteiger partial charge in [-0.3, -0.25) is 4.79 Å². The number of hydrogen-bond acceptors (Lipinski definition) is 4. The van der Waals surface area contributed by atoms with E-state index in [1.54, 1.807) is 18.2 Å². The van der Waals surface area contributed by atoms with E-state index in [0.29, 0.717) is 16.6 Å². The van der Waals surface area contributed by atoms with Crippen molar-refractivity contribution in [1.82, 2.24) is 0 Å². The summed E-state index contributed by atoms with van der Waals surface area (Å²) in [6, 6.07) is 9.29. The second-order valence-corrected chi connectivity index (χ2v) is 5.99. The molecule has 1 aliphatic carbocycles. The largest absolute Gasteiger partial charge is 0.478 e. The van der Waals surface area contributed by atoms with Crippen LogP contribution in [-0.2, 0) is 0 Å². The topological polar surface area (TPSA) is 87.7 Å². The van der Waals surface area contributed by atoms with E-state index >= 15 is 0 Å². The molecule has 0 saturated heterocycles. The van der Waals surface area contributed by atoms with E-state index in [2.05, 4.69) is 0 Å². The summed E-state index contributed by atoms with van der Waals surface area (Å²) < 4.78 is 5.75. The van der Waals surface area contributed by atoms with E-state index in [9.17, 15) is 14.7 Å². The van der Waals surface area contributed by atoms with Gasteiger partial charge >= 0.3 is 5.97 Å². The third kappa shape index (κ3) is 2.29. The number of rotatable bonds is 3. The zero-order chi connectivity index (χ0) is 16.1. The third-order valence-corrected chi connectivity index (χ3v) is 4.35. The van der Waals surface area contributed by atoms with Crippen LogP contribution in [-0.4, -0.2) is 16.2 Å². The third-order valence-electron chi connectivity index (χ3n) is 4.35. The van der Waals surface area contributed by atoms with E-state index < -0.39 is 12.1 Å². The Morgan fingerprint density at radius 1 is 1.09 bits per heavy atom. The fraction of sp³-hybridized carbons (Fsp3) is 0.222. The first-order valence-electron chi connectivity index (χ1n) is 7.46. The fourth-order valence-electron chi connectivity index (χ4n) is 2.87. The summed E-state index contributed by atoms with van der Waals surface area (Å²) in [5.41, 5.74) is 1.26. The van der Waals surface area contributed by atoms with Crippen LogP contribution in [0, 0.1) is 5.92 Å². The lowest BCUT2D eigenvalue weighted by molar-refractivity contribution is 0.0697. The maximum atomic E-state index is 12.6. The van der Waals surface area contributed by atoms with Gasteiger partial charge in [0.05, 0.1) is 22.4 Å². The zero-order valence-electron chi connectivity index (χ0n) is 12.2. The van der Waals surface area contributed by atoms with Crippen molar-refractivity contribution in [3.05, 3.63) is 57.7 Å². The molecule has 0 bridgehead atoms. The summed E-state index contributed by atoms with van der Waals surface area (Å²) >= 11 is 0. The molecule has 2 aromatic carbocycles. The minimum atomic E-state index is -1.09. The van der Waals surface area contributed by atoms with Crippen LogP contribution in [0.25, 0.3) is 21.9 Å². The number of carbonyl (C=O) groups is 1. The highest BCUT2D eigenvalue weighted by molar-refractivity contribution is 5.96. The monoisotopic (exact) mass is 310 g/mol. The molecule has 1 unspecified atom stereocenters. The molecule has 3 aromatic rings. The van der Waals surface area contributed by atoms with Gasteiger partial charge in [-0.05, 0) is 54.7 Å². The number of carboxylic acid groups (broad SMARTS) is 1. The average Bonchev–Trinajstić information content (AvgIpc) is 3.38. The second-order valence-electron chi connectivity index (χ2n) is 5.99. The second kappa shape index (κ2) is 4.93. The quantitative estimate of drug-likeness (QED) is 0.726. The van der Waals surface area contributed by atoms with Crippen LogP contribution in [0.1, 0.15) is 34.9 Å².